The Kier molecular flexibility index (Phi) is 2.75. The summed E-state index contributed by atoms with van der Waals surface area (Å²) < 4.78 is 17.9. The van der Waals surface area contributed by atoms with E-state index in [0.717, 1.165) is 11.1 Å². The smallest absolute Gasteiger partial charge is 0.165 e. The van der Waals surface area contributed by atoms with Gasteiger partial charge in [0, 0.05) is 11.6 Å². The van der Waals surface area contributed by atoms with Gasteiger partial charge in [0.2, 0.25) is 0 Å². The Morgan fingerprint density at radius 3 is 2.69 bits per heavy atom. The summed E-state index contributed by atoms with van der Waals surface area (Å²) in [6.45, 7) is 3.40. The molecule has 16 heavy (non-hydrogen) atoms. The van der Waals surface area contributed by atoms with Gasteiger partial charge in [0.05, 0.1) is 0 Å². The van der Waals surface area contributed by atoms with Crippen LogP contribution in [0.2, 0.25) is 0 Å². The molecular weight excluding hydrogens is 209 g/mol. The van der Waals surface area contributed by atoms with Crippen molar-refractivity contribution in [2.75, 3.05) is 0 Å². The van der Waals surface area contributed by atoms with Crippen molar-refractivity contribution in [1.82, 2.24) is 5.16 Å². The third-order valence-corrected chi connectivity index (χ3v) is 2.40. The van der Waals surface area contributed by atoms with Crippen LogP contribution in [0.1, 0.15) is 24.4 Å². The van der Waals surface area contributed by atoms with Crippen LogP contribution in [0.15, 0.2) is 28.8 Å². The number of aryl methyl sites for hydroxylation is 1. The second kappa shape index (κ2) is 4.06. The molecule has 0 aliphatic heterocycles. The molecule has 0 aliphatic carbocycles. The number of rotatable bonds is 2. The molecule has 0 radical (unpaired) electrons. The molecule has 1 unspecified atom stereocenters. The van der Waals surface area contributed by atoms with Gasteiger partial charge < -0.3 is 9.63 Å². The van der Waals surface area contributed by atoms with E-state index in [4.69, 9.17) is 4.52 Å². The van der Waals surface area contributed by atoms with Crippen LogP contribution in [0.3, 0.4) is 0 Å². The standard InChI is InChI=1S/C12H12FNO2/c1-7-5-9(13)3-4-10(7)11-6-12(8(2)15)16-14-11/h3-6,8,15H,1-2H3. The summed E-state index contributed by atoms with van der Waals surface area (Å²) in [4.78, 5) is 0. The molecule has 1 heterocycles. The van der Waals surface area contributed by atoms with E-state index in [-0.39, 0.29) is 5.82 Å². The topological polar surface area (TPSA) is 46.3 Å². The van der Waals surface area contributed by atoms with Crippen LogP contribution < -0.4 is 0 Å². The van der Waals surface area contributed by atoms with Gasteiger partial charge in [-0.2, -0.15) is 0 Å². The third-order valence-electron chi connectivity index (χ3n) is 2.40. The third kappa shape index (κ3) is 1.97. The van der Waals surface area contributed by atoms with Crippen LogP contribution in [-0.2, 0) is 0 Å². The molecule has 0 spiro atoms. The van der Waals surface area contributed by atoms with E-state index in [2.05, 4.69) is 5.16 Å². The van der Waals surface area contributed by atoms with Crippen molar-refractivity contribution in [1.29, 1.82) is 0 Å². The fourth-order valence-corrected chi connectivity index (χ4v) is 1.53. The van der Waals surface area contributed by atoms with Crippen molar-refractivity contribution < 1.29 is 14.0 Å². The number of halogens is 1. The van der Waals surface area contributed by atoms with E-state index in [1.54, 1.807) is 26.0 Å². The van der Waals surface area contributed by atoms with Crippen LogP contribution in [0, 0.1) is 12.7 Å². The highest BCUT2D eigenvalue weighted by atomic mass is 19.1. The number of nitrogens with zero attached hydrogens (tertiary/aromatic N) is 1. The maximum atomic E-state index is 12.9. The van der Waals surface area contributed by atoms with E-state index in [1.165, 1.54) is 12.1 Å². The van der Waals surface area contributed by atoms with E-state index >= 15 is 0 Å². The first-order valence-corrected chi connectivity index (χ1v) is 4.99. The van der Waals surface area contributed by atoms with Crippen molar-refractivity contribution in [2.24, 2.45) is 0 Å². The molecular formula is C12H12FNO2. The molecule has 3 nitrogen and oxygen atoms in total. The Morgan fingerprint density at radius 2 is 2.12 bits per heavy atom. The number of hydrogen-bond donors (Lipinski definition) is 1. The van der Waals surface area contributed by atoms with Crippen LogP contribution in [-0.4, -0.2) is 10.3 Å². The molecule has 0 saturated carbocycles. The monoisotopic (exact) mass is 221 g/mol. The van der Waals surface area contributed by atoms with Crippen molar-refractivity contribution >= 4 is 0 Å². The quantitative estimate of drug-likeness (QED) is 0.848. The maximum Gasteiger partial charge on any atom is 0.165 e. The summed E-state index contributed by atoms with van der Waals surface area (Å²) in [6.07, 6.45) is -0.693. The lowest BCUT2D eigenvalue weighted by Gasteiger charge is -2.00. The van der Waals surface area contributed by atoms with E-state index in [0.29, 0.717) is 11.5 Å². The SMILES string of the molecule is Cc1cc(F)ccc1-c1cc(C(C)O)on1. The summed E-state index contributed by atoms with van der Waals surface area (Å²) in [5, 5.41) is 13.1. The molecule has 0 amide bonds. The van der Waals surface area contributed by atoms with Crippen LogP contribution in [0.4, 0.5) is 4.39 Å². The molecule has 0 aliphatic rings. The molecule has 0 fully saturated rings. The fourth-order valence-electron chi connectivity index (χ4n) is 1.53. The molecule has 1 N–H and O–H groups in total. The average molecular weight is 221 g/mol. The Bertz CT molecular complexity index is 505. The molecule has 1 atom stereocenters. The predicted molar refractivity (Wildman–Crippen MR) is 57.3 cm³/mol. The molecule has 1 aromatic carbocycles. The highest BCUT2D eigenvalue weighted by molar-refractivity contribution is 5.63. The lowest BCUT2D eigenvalue weighted by atomic mass is 10.1. The highest BCUT2D eigenvalue weighted by Crippen LogP contribution is 2.25. The van der Waals surface area contributed by atoms with Gasteiger partial charge in [-0.15, -0.1) is 0 Å². The molecule has 2 rings (SSSR count). The second-order valence-electron chi connectivity index (χ2n) is 3.75. The number of aliphatic hydroxyl groups excluding tert-OH is 1. The Balaban J connectivity index is 2.42. The zero-order chi connectivity index (χ0) is 11.7. The minimum atomic E-state index is -0.693. The van der Waals surface area contributed by atoms with E-state index < -0.39 is 6.10 Å². The first-order chi connectivity index (χ1) is 7.58. The normalized spacial score (nSPS) is 12.8. The molecule has 2 aromatic rings. The number of benzene rings is 1. The largest absolute Gasteiger partial charge is 0.385 e. The van der Waals surface area contributed by atoms with Gasteiger partial charge in [-0.3, -0.25) is 0 Å². The van der Waals surface area contributed by atoms with Crippen molar-refractivity contribution in [2.45, 2.75) is 20.0 Å². The van der Waals surface area contributed by atoms with Crippen LogP contribution in [0.5, 0.6) is 0 Å². The maximum absolute atomic E-state index is 12.9. The first-order valence-electron chi connectivity index (χ1n) is 4.99. The summed E-state index contributed by atoms with van der Waals surface area (Å²) in [5.41, 5.74) is 2.19. The summed E-state index contributed by atoms with van der Waals surface area (Å²) >= 11 is 0. The number of aliphatic hydroxyl groups is 1. The van der Waals surface area contributed by atoms with Gasteiger partial charge in [-0.05, 0) is 37.6 Å². The Hall–Kier alpha value is -1.68. The van der Waals surface area contributed by atoms with E-state index in [1.807, 2.05) is 0 Å². The van der Waals surface area contributed by atoms with Gasteiger partial charge in [0.25, 0.3) is 0 Å². The first kappa shape index (κ1) is 10.8. The van der Waals surface area contributed by atoms with Gasteiger partial charge in [-0.1, -0.05) is 5.16 Å². The minimum Gasteiger partial charge on any atom is -0.385 e. The number of aromatic nitrogens is 1. The lowest BCUT2D eigenvalue weighted by Crippen LogP contribution is -1.86. The zero-order valence-electron chi connectivity index (χ0n) is 9.07. The van der Waals surface area contributed by atoms with E-state index in [9.17, 15) is 9.50 Å². The lowest BCUT2D eigenvalue weighted by molar-refractivity contribution is 0.158. The number of hydrogen-bond acceptors (Lipinski definition) is 3. The van der Waals surface area contributed by atoms with Crippen LogP contribution >= 0.6 is 0 Å². The zero-order valence-corrected chi connectivity index (χ0v) is 9.07. The molecule has 1 aromatic heterocycles. The summed E-state index contributed by atoms with van der Waals surface area (Å²) in [5.74, 6) is 0.124. The van der Waals surface area contributed by atoms with Crippen molar-refractivity contribution in [3.8, 4) is 11.3 Å². The molecule has 0 saturated heterocycles. The predicted octanol–water partition coefficient (Wildman–Crippen LogP) is 2.84. The van der Waals surface area contributed by atoms with Crippen molar-refractivity contribution in [3.63, 3.8) is 0 Å². The highest BCUT2D eigenvalue weighted by Gasteiger charge is 2.12. The van der Waals surface area contributed by atoms with Gasteiger partial charge in [-0.25, -0.2) is 4.39 Å². The average Bonchev–Trinajstić information content (AvgIpc) is 2.66. The van der Waals surface area contributed by atoms with Crippen LogP contribution in [0.25, 0.3) is 11.3 Å². The molecule has 0 bridgehead atoms. The molecule has 84 valence electrons. The minimum absolute atomic E-state index is 0.277. The second-order valence-corrected chi connectivity index (χ2v) is 3.75. The van der Waals surface area contributed by atoms with Gasteiger partial charge >= 0.3 is 0 Å². The Labute approximate surface area is 92.5 Å². The summed E-state index contributed by atoms with van der Waals surface area (Å²) in [7, 11) is 0. The molecule has 4 heteroatoms. The van der Waals surface area contributed by atoms with Gasteiger partial charge in [0.15, 0.2) is 5.76 Å². The van der Waals surface area contributed by atoms with Crippen molar-refractivity contribution in [3.05, 3.63) is 41.4 Å². The van der Waals surface area contributed by atoms with Gasteiger partial charge in [0.1, 0.15) is 17.6 Å². The summed E-state index contributed by atoms with van der Waals surface area (Å²) in [6, 6.07) is 6.12. The fraction of sp³-hybridized carbons (Fsp3) is 0.250. The Morgan fingerprint density at radius 1 is 1.38 bits per heavy atom.